The maximum absolute atomic E-state index is 12.8. The van der Waals surface area contributed by atoms with Crippen molar-refractivity contribution in [2.24, 2.45) is 0 Å². The Labute approximate surface area is 191 Å². The topological polar surface area (TPSA) is 106 Å². The second-order valence-electron chi connectivity index (χ2n) is 7.02. The van der Waals surface area contributed by atoms with Gasteiger partial charge in [0.25, 0.3) is 10.0 Å². The molecule has 11 heteroatoms. The van der Waals surface area contributed by atoms with E-state index in [4.69, 9.17) is 16.3 Å². The number of halogens is 1. The fourth-order valence-electron chi connectivity index (χ4n) is 2.84. The first-order valence-corrected chi connectivity index (χ1v) is 11.3. The predicted molar refractivity (Wildman–Crippen MR) is 121 cm³/mol. The number of nitrogens with zero attached hydrogens (tertiary/aromatic N) is 4. The average molecular weight is 476 g/mol. The first kappa shape index (κ1) is 23.3. The molecule has 0 aliphatic carbocycles. The molecule has 0 amide bonds. The number of hydrogen-bond donors (Lipinski definition) is 1. The maximum atomic E-state index is 12.8. The zero-order chi connectivity index (χ0) is 23.5. The van der Waals surface area contributed by atoms with E-state index in [-0.39, 0.29) is 16.3 Å². The molecule has 0 aliphatic heterocycles. The van der Waals surface area contributed by atoms with Gasteiger partial charge in [-0.05, 0) is 43.3 Å². The van der Waals surface area contributed by atoms with Gasteiger partial charge in [-0.2, -0.15) is 0 Å². The van der Waals surface area contributed by atoms with Crippen LogP contribution >= 0.6 is 11.6 Å². The summed E-state index contributed by atoms with van der Waals surface area (Å²) in [6.45, 7) is 1.87. The summed E-state index contributed by atoms with van der Waals surface area (Å²) >= 11 is 5.98. The molecule has 0 saturated carbocycles. The van der Waals surface area contributed by atoms with Crippen molar-refractivity contribution in [2.45, 2.75) is 11.8 Å². The molecule has 1 aromatic heterocycles. The van der Waals surface area contributed by atoms with Gasteiger partial charge in [0.15, 0.2) is 0 Å². The van der Waals surface area contributed by atoms with E-state index in [0.29, 0.717) is 16.4 Å². The van der Waals surface area contributed by atoms with Crippen LogP contribution in [-0.4, -0.2) is 55.5 Å². The molecule has 9 nitrogen and oxygen atoms in total. The number of esters is 1. The fourth-order valence-corrected chi connectivity index (χ4v) is 3.86. The zero-order valence-electron chi connectivity index (χ0n) is 17.9. The summed E-state index contributed by atoms with van der Waals surface area (Å²) in [7, 11) is 0.775. The van der Waals surface area contributed by atoms with Crippen LogP contribution in [0.2, 0.25) is 5.02 Å². The number of rotatable bonds is 7. The number of methoxy groups -OCH3 is 1. The van der Waals surface area contributed by atoms with Crippen molar-refractivity contribution in [3.05, 3.63) is 76.7 Å². The van der Waals surface area contributed by atoms with Crippen molar-refractivity contribution in [3.8, 4) is 5.69 Å². The lowest BCUT2D eigenvalue weighted by molar-refractivity contribution is 0.0593. The number of benzene rings is 2. The Balaban J connectivity index is 2.12. The second-order valence-corrected chi connectivity index (χ2v) is 9.18. The Kier molecular flexibility index (Phi) is 6.85. The van der Waals surface area contributed by atoms with Crippen molar-refractivity contribution in [2.75, 3.05) is 21.2 Å². The molecule has 0 radical (unpaired) electrons. The first-order chi connectivity index (χ1) is 15.1. The minimum Gasteiger partial charge on any atom is -0.464 e. The smallest absolute Gasteiger partial charge is 0.361 e. The van der Waals surface area contributed by atoms with Gasteiger partial charge < -0.3 is 9.64 Å². The van der Waals surface area contributed by atoms with Crippen LogP contribution in [0.4, 0.5) is 0 Å². The van der Waals surface area contributed by atoms with Crippen molar-refractivity contribution in [1.29, 1.82) is 0 Å². The highest BCUT2D eigenvalue weighted by atomic mass is 35.5. The van der Waals surface area contributed by atoms with Gasteiger partial charge in [0.2, 0.25) is 5.69 Å². The van der Waals surface area contributed by atoms with Crippen LogP contribution in [0.15, 0.2) is 59.6 Å². The third-order valence-corrected chi connectivity index (χ3v) is 6.10. The van der Waals surface area contributed by atoms with Gasteiger partial charge in [-0.25, -0.2) is 17.9 Å². The van der Waals surface area contributed by atoms with Gasteiger partial charge in [0, 0.05) is 25.3 Å². The predicted octanol–water partition coefficient (Wildman–Crippen LogP) is 2.85. The van der Waals surface area contributed by atoms with Gasteiger partial charge in [0.05, 0.1) is 23.4 Å². The first-order valence-electron chi connectivity index (χ1n) is 9.41. The Morgan fingerprint density at radius 2 is 1.75 bits per heavy atom. The quantitative estimate of drug-likeness (QED) is 0.523. The molecule has 2 aromatic carbocycles. The van der Waals surface area contributed by atoms with Crippen LogP contribution in [-0.2, 0) is 14.8 Å². The van der Waals surface area contributed by atoms with E-state index >= 15 is 0 Å². The van der Waals surface area contributed by atoms with Gasteiger partial charge >= 0.3 is 5.97 Å². The third kappa shape index (κ3) is 4.92. The van der Waals surface area contributed by atoms with E-state index in [9.17, 15) is 13.2 Å². The lowest BCUT2D eigenvalue weighted by Crippen LogP contribution is -2.23. The lowest BCUT2D eigenvalue weighted by Gasteiger charge is -2.19. The molecule has 0 bridgehead atoms. The molecule has 3 aromatic rings. The summed E-state index contributed by atoms with van der Waals surface area (Å²) in [5.41, 5.74) is 2.02. The summed E-state index contributed by atoms with van der Waals surface area (Å²) in [5, 5.41) is 8.57. The average Bonchev–Trinajstić information content (AvgIpc) is 3.18. The monoisotopic (exact) mass is 475 g/mol. The normalized spacial score (nSPS) is 11.8. The maximum Gasteiger partial charge on any atom is 0.361 e. The molecule has 1 N–H and O–H groups in total. The Morgan fingerprint density at radius 3 is 2.31 bits per heavy atom. The number of aryl methyl sites for hydroxylation is 1. The molecule has 0 saturated heterocycles. The minimum atomic E-state index is -3.86. The van der Waals surface area contributed by atoms with E-state index < -0.39 is 16.0 Å². The number of ether oxygens (including phenoxy) is 1. The Bertz CT molecular complexity index is 1250. The molecule has 3 rings (SSSR count). The van der Waals surface area contributed by atoms with Gasteiger partial charge in [-0.15, -0.1) is 5.10 Å². The number of carbonyl (C=O) groups is 1. The zero-order valence-corrected chi connectivity index (χ0v) is 19.5. The second kappa shape index (κ2) is 9.41. The molecule has 0 spiro atoms. The van der Waals surface area contributed by atoms with Crippen molar-refractivity contribution >= 4 is 33.3 Å². The highest BCUT2D eigenvalue weighted by Crippen LogP contribution is 2.24. The molecule has 0 unspecified atom stereocenters. The van der Waals surface area contributed by atoms with Crippen molar-refractivity contribution in [3.63, 3.8) is 0 Å². The highest BCUT2D eigenvalue weighted by Gasteiger charge is 2.26. The minimum absolute atomic E-state index is 0.0723. The summed E-state index contributed by atoms with van der Waals surface area (Å²) in [5.74, 6) is -0.714. The van der Waals surface area contributed by atoms with Crippen LogP contribution in [0.5, 0.6) is 0 Å². The largest absolute Gasteiger partial charge is 0.464 e. The summed E-state index contributed by atoms with van der Waals surface area (Å²) < 4.78 is 34.3. The van der Waals surface area contributed by atoms with Crippen molar-refractivity contribution in [1.82, 2.24) is 24.6 Å². The third-order valence-electron chi connectivity index (χ3n) is 4.53. The van der Waals surface area contributed by atoms with Crippen LogP contribution in [0.3, 0.4) is 0 Å². The van der Waals surface area contributed by atoms with Crippen LogP contribution in [0, 0.1) is 6.92 Å². The van der Waals surface area contributed by atoms with E-state index in [0.717, 1.165) is 5.56 Å². The molecule has 0 aliphatic rings. The number of carbonyl (C=O) groups excluding carboxylic acids is 1. The van der Waals surface area contributed by atoms with Crippen molar-refractivity contribution < 1.29 is 17.9 Å². The fraction of sp³-hybridized carbons (Fsp3) is 0.190. The summed E-state index contributed by atoms with van der Waals surface area (Å²) in [4.78, 5) is 14.1. The molecule has 32 heavy (non-hydrogen) atoms. The molecule has 168 valence electrons. The van der Waals surface area contributed by atoms with Gasteiger partial charge in [-0.1, -0.05) is 34.5 Å². The van der Waals surface area contributed by atoms with E-state index in [1.807, 2.05) is 6.92 Å². The Morgan fingerprint density at radius 1 is 1.12 bits per heavy atom. The van der Waals surface area contributed by atoms with Crippen LogP contribution in [0.1, 0.15) is 21.7 Å². The van der Waals surface area contributed by atoms with Crippen LogP contribution < -0.4 is 4.72 Å². The molecular weight excluding hydrogens is 454 g/mol. The highest BCUT2D eigenvalue weighted by molar-refractivity contribution is 7.89. The standard InChI is InChI=1S/C21H22ClN5O4S/c1-14-5-11-17(12-6-14)32(29,30)23-13-18(26(2)3)20-19(21(28)31-4)24-25-27(20)16-9-7-15(22)8-10-16/h5-13,23H,1-4H3/b18-13+. The molecular formula is C21H22ClN5O4S. The summed E-state index contributed by atoms with van der Waals surface area (Å²) in [6.07, 6.45) is 1.28. The Hall–Kier alpha value is -3.37. The van der Waals surface area contributed by atoms with Gasteiger partial charge in [-0.3, -0.25) is 4.72 Å². The number of hydrogen-bond acceptors (Lipinski definition) is 7. The SMILES string of the molecule is COC(=O)c1nnn(-c2ccc(Cl)cc2)c1/C(=C\NS(=O)(=O)c1ccc(C)cc1)N(C)C. The van der Waals surface area contributed by atoms with E-state index in [1.54, 1.807) is 55.4 Å². The van der Waals surface area contributed by atoms with E-state index in [2.05, 4.69) is 15.0 Å². The number of aromatic nitrogens is 3. The van der Waals surface area contributed by atoms with Crippen LogP contribution in [0.25, 0.3) is 11.4 Å². The number of sulfonamides is 1. The van der Waals surface area contributed by atoms with E-state index in [1.165, 1.54) is 30.1 Å². The molecule has 1 heterocycles. The number of nitrogens with one attached hydrogen (secondary N) is 1. The lowest BCUT2D eigenvalue weighted by atomic mass is 10.2. The molecule has 0 atom stereocenters. The molecule has 0 fully saturated rings. The summed E-state index contributed by atoms with van der Waals surface area (Å²) in [6, 6.07) is 13.2. The van der Waals surface area contributed by atoms with Gasteiger partial charge in [0.1, 0.15) is 5.69 Å².